The van der Waals surface area contributed by atoms with Crippen molar-refractivity contribution in [1.82, 2.24) is 4.90 Å². The van der Waals surface area contributed by atoms with E-state index in [1.54, 1.807) is 42.3 Å². The van der Waals surface area contributed by atoms with Gasteiger partial charge in [0.1, 0.15) is 0 Å². The first-order chi connectivity index (χ1) is 9.95. The maximum Gasteiger partial charge on any atom is 0.253 e. The highest BCUT2D eigenvalue weighted by atomic mass is 35.5. The molecule has 0 aliphatic carbocycles. The molecule has 1 amide bonds. The molecule has 0 aromatic heterocycles. The van der Waals surface area contributed by atoms with Crippen molar-refractivity contribution in [2.24, 2.45) is 0 Å². The van der Waals surface area contributed by atoms with Crippen molar-refractivity contribution in [2.75, 3.05) is 13.6 Å². The average molecular weight is 343 g/mol. The highest BCUT2D eigenvalue weighted by molar-refractivity contribution is 6.46. The third kappa shape index (κ3) is 3.34. The summed E-state index contributed by atoms with van der Waals surface area (Å²) in [6, 6.07) is 10.5. The molecule has 2 nitrogen and oxygen atoms in total. The number of carbonyl (C=O) groups excluding carboxylic acids is 1. The Balaban J connectivity index is 2.53. The van der Waals surface area contributed by atoms with Crippen LogP contribution in [0.4, 0.5) is 0 Å². The molecule has 5 heteroatoms. The molecular formula is C16H14Cl3NO. The van der Waals surface area contributed by atoms with Gasteiger partial charge < -0.3 is 4.90 Å². The van der Waals surface area contributed by atoms with Crippen molar-refractivity contribution < 1.29 is 4.79 Å². The van der Waals surface area contributed by atoms with Gasteiger partial charge in [0, 0.05) is 29.7 Å². The van der Waals surface area contributed by atoms with Gasteiger partial charge in [0.25, 0.3) is 5.91 Å². The van der Waals surface area contributed by atoms with E-state index in [-0.39, 0.29) is 5.91 Å². The fourth-order valence-electron chi connectivity index (χ4n) is 1.96. The van der Waals surface area contributed by atoms with E-state index in [9.17, 15) is 4.79 Å². The monoisotopic (exact) mass is 341 g/mol. The molecule has 0 fully saturated rings. The summed E-state index contributed by atoms with van der Waals surface area (Å²) in [4.78, 5) is 13.9. The molecule has 0 spiro atoms. The molecule has 0 radical (unpaired) electrons. The number of carbonyl (C=O) groups is 1. The highest BCUT2D eigenvalue weighted by Crippen LogP contribution is 2.39. The van der Waals surface area contributed by atoms with E-state index in [0.29, 0.717) is 32.7 Å². The van der Waals surface area contributed by atoms with Crippen LogP contribution in [-0.4, -0.2) is 24.4 Å². The van der Waals surface area contributed by atoms with Gasteiger partial charge in [0.2, 0.25) is 0 Å². The van der Waals surface area contributed by atoms with Crippen molar-refractivity contribution in [3.05, 3.63) is 57.0 Å². The van der Waals surface area contributed by atoms with E-state index in [4.69, 9.17) is 34.8 Å². The molecule has 0 atom stereocenters. The molecule has 0 bridgehead atoms. The number of amides is 1. The first kappa shape index (κ1) is 16.2. The maximum absolute atomic E-state index is 12.2. The quantitative estimate of drug-likeness (QED) is 0.683. The lowest BCUT2D eigenvalue weighted by atomic mass is 10.0. The number of nitrogens with zero attached hydrogens (tertiary/aromatic N) is 1. The molecule has 0 saturated carbocycles. The Kier molecular flexibility index (Phi) is 5.15. The maximum atomic E-state index is 12.2. The first-order valence-corrected chi connectivity index (χ1v) is 7.58. The van der Waals surface area contributed by atoms with E-state index in [0.717, 1.165) is 5.56 Å². The zero-order chi connectivity index (χ0) is 15.6. The van der Waals surface area contributed by atoms with Crippen LogP contribution in [0.2, 0.25) is 15.1 Å². The van der Waals surface area contributed by atoms with Gasteiger partial charge in [0.15, 0.2) is 0 Å². The Bertz CT molecular complexity index is 685. The van der Waals surface area contributed by atoms with Crippen molar-refractivity contribution >= 4 is 40.7 Å². The minimum absolute atomic E-state index is 0.0476. The SMILES string of the molecule is CCN(C)C(=O)c1cccc(-c2c(Cl)ccc(Cl)c2Cl)c1. The molecule has 0 aliphatic rings. The molecule has 0 aliphatic heterocycles. The van der Waals surface area contributed by atoms with Crippen LogP contribution in [0.15, 0.2) is 36.4 Å². The zero-order valence-corrected chi connectivity index (χ0v) is 13.9. The Hall–Kier alpha value is -1.22. The summed E-state index contributed by atoms with van der Waals surface area (Å²) in [5.41, 5.74) is 1.99. The molecule has 0 heterocycles. The van der Waals surface area contributed by atoms with Crippen LogP contribution in [0.25, 0.3) is 11.1 Å². The van der Waals surface area contributed by atoms with E-state index >= 15 is 0 Å². The summed E-state index contributed by atoms with van der Waals surface area (Å²) in [5, 5.41) is 1.31. The predicted molar refractivity (Wildman–Crippen MR) is 89.5 cm³/mol. The average Bonchev–Trinajstić information content (AvgIpc) is 2.50. The van der Waals surface area contributed by atoms with Gasteiger partial charge >= 0.3 is 0 Å². The van der Waals surface area contributed by atoms with E-state index in [2.05, 4.69) is 0 Å². The number of rotatable bonds is 3. The van der Waals surface area contributed by atoms with E-state index < -0.39 is 0 Å². The van der Waals surface area contributed by atoms with Crippen molar-refractivity contribution in [3.8, 4) is 11.1 Å². The molecule has 0 N–H and O–H groups in total. The van der Waals surface area contributed by atoms with Crippen LogP contribution < -0.4 is 0 Å². The van der Waals surface area contributed by atoms with Crippen molar-refractivity contribution in [1.29, 1.82) is 0 Å². The number of hydrogen-bond acceptors (Lipinski definition) is 1. The van der Waals surface area contributed by atoms with Crippen LogP contribution in [0.1, 0.15) is 17.3 Å². The number of halogens is 3. The Morgan fingerprint density at radius 3 is 2.43 bits per heavy atom. The lowest BCUT2D eigenvalue weighted by Gasteiger charge is -2.15. The summed E-state index contributed by atoms with van der Waals surface area (Å²) in [6.45, 7) is 2.56. The van der Waals surface area contributed by atoms with Crippen LogP contribution in [0.5, 0.6) is 0 Å². The Morgan fingerprint density at radius 1 is 1.10 bits per heavy atom. The Labute approximate surface area is 139 Å². The molecule has 110 valence electrons. The van der Waals surface area contributed by atoms with E-state index in [1.165, 1.54) is 0 Å². The van der Waals surface area contributed by atoms with Crippen molar-refractivity contribution in [2.45, 2.75) is 6.92 Å². The van der Waals surface area contributed by atoms with Gasteiger partial charge in [-0.2, -0.15) is 0 Å². The minimum Gasteiger partial charge on any atom is -0.342 e. The molecule has 2 aromatic carbocycles. The molecule has 21 heavy (non-hydrogen) atoms. The highest BCUT2D eigenvalue weighted by Gasteiger charge is 2.15. The van der Waals surface area contributed by atoms with Gasteiger partial charge in [-0.25, -0.2) is 0 Å². The predicted octanol–water partition coefficient (Wildman–Crippen LogP) is 5.41. The van der Waals surface area contributed by atoms with Crippen LogP contribution in [-0.2, 0) is 0 Å². The summed E-state index contributed by atoms with van der Waals surface area (Å²) in [6.07, 6.45) is 0. The number of hydrogen-bond donors (Lipinski definition) is 0. The second-order valence-electron chi connectivity index (χ2n) is 4.62. The summed E-state index contributed by atoms with van der Waals surface area (Å²) >= 11 is 18.5. The fourth-order valence-corrected chi connectivity index (χ4v) is 2.71. The lowest BCUT2D eigenvalue weighted by Crippen LogP contribution is -2.26. The van der Waals surface area contributed by atoms with Gasteiger partial charge in [0.05, 0.1) is 10.0 Å². The normalized spacial score (nSPS) is 10.5. The summed E-state index contributed by atoms with van der Waals surface area (Å²) in [5.74, 6) is -0.0476. The third-order valence-corrected chi connectivity index (χ3v) is 4.38. The van der Waals surface area contributed by atoms with Crippen LogP contribution in [0.3, 0.4) is 0 Å². The second kappa shape index (κ2) is 6.69. The molecule has 2 aromatic rings. The van der Waals surface area contributed by atoms with Gasteiger partial charge in [-0.1, -0.05) is 46.9 Å². The van der Waals surface area contributed by atoms with Crippen molar-refractivity contribution in [3.63, 3.8) is 0 Å². The molecule has 2 rings (SSSR count). The number of benzene rings is 2. The third-order valence-electron chi connectivity index (χ3n) is 3.26. The Morgan fingerprint density at radius 2 is 1.76 bits per heavy atom. The smallest absolute Gasteiger partial charge is 0.253 e. The molecular weight excluding hydrogens is 329 g/mol. The second-order valence-corrected chi connectivity index (χ2v) is 5.81. The lowest BCUT2D eigenvalue weighted by molar-refractivity contribution is 0.0802. The largest absolute Gasteiger partial charge is 0.342 e. The minimum atomic E-state index is -0.0476. The van der Waals surface area contributed by atoms with Gasteiger partial charge in [-0.3, -0.25) is 4.79 Å². The standard InChI is InChI=1S/C16H14Cl3NO/c1-3-20(2)16(21)11-6-4-5-10(9-11)14-12(17)7-8-13(18)15(14)19/h4-9H,3H2,1-2H3. The molecule has 0 saturated heterocycles. The van der Waals surface area contributed by atoms with Crippen LogP contribution in [0, 0.1) is 0 Å². The summed E-state index contributed by atoms with van der Waals surface area (Å²) < 4.78 is 0. The van der Waals surface area contributed by atoms with Gasteiger partial charge in [-0.15, -0.1) is 0 Å². The van der Waals surface area contributed by atoms with Crippen LogP contribution >= 0.6 is 34.8 Å². The first-order valence-electron chi connectivity index (χ1n) is 6.45. The molecule has 0 unspecified atom stereocenters. The van der Waals surface area contributed by atoms with E-state index in [1.807, 2.05) is 13.0 Å². The summed E-state index contributed by atoms with van der Waals surface area (Å²) in [7, 11) is 1.76. The fraction of sp³-hybridized carbons (Fsp3) is 0.188. The van der Waals surface area contributed by atoms with Gasteiger partial charge in [-0.05, 0) is 36.8 Å². The topological polar surface area (TPSA) is 20.3 Å². The zero-order valence-electron chi connectivity index (χ0n) is 11.7.